The molecular formula is C5H5Cl3O3. The number of rotatable bonds is 0. The van der Waals surface area contributed by atoms with Crippen molar-refractivity contribution >= 4 is 41.0 Å². The van der Waals surface area contributed by atoms with E-state index in [1.54, 1.807) is 0 Å². The molecule has 0 amide bonds. The van der Waals surface area contributed by atoms with Crippen molar-refractivity contribution < 1.29 is 14.3 Å². The second kappa shape index (κ2) is 3.25. The lowest BCUT2D eigenvalue weighted by atomic mass is 10.3. The van der Waals surface area contributed by atoms with E-state index >= 15 is 0 Å². The SMILES string of the molecule is O=C1OCC(Cl)C(Cl)(Cl)CO1. The fourth-order valence-electron chi connectivity index (χ4n) is 0.550. The predicted octanol–water partition coefficient (Wildman–Crippen LogP) is 1.93. The third-order valence-electron chi connectivity index (χ3n) is 1.19. The number of hydrogen-bond donors (Lipinski definition) is 0. The summed E-state index contributed by atoms with van der Waals surface area (Å²) in [5, 5.41) is -0.641. The van der Waals surface area contributed by atoms with E-state index in [9.17, 15) is 4.79 Å². The Morgan fingerprint density at radius 3 is 2.73 bits per heavy atom. The predicted molar refractivity (Wildman–Crippen MR) is 41.4 cm³/mol. The van der Waals surface area contributed by atoms with Crippen molar-refractivity contribution in [3.63, 3.8) is 0 Å². The third-order valence-corrected chi connectivity index (χ3v) is 2.66. The first-order valence-corrected chi connectivity index (χ1v) is 4.03. The summed E-state index contributed by atoms with van der Waals surface area (Å²) in [6.45, 7) is -0.184. The maximum Gasteiger partial charge on any atom is 0.508 e. The summed E-state index contributed by atoms with van der Waals surface area (Å²) < 4.78 is 7.71. The van der Waals surface area contributed by atoms with E-state index < -0.39 is 15.9 Å². The van der Waals surface area contributed by atoms with Crippen LogP contribution in [-0.2, 0) is 9.47 Å². The van der Waals surface area contributed by atoms with Crippen molar-refractivity contribution in [1.82, 2.24) is 0 Å². The molecular weight excluding hydrogens is 214 g/mol. The first-order chi connectivity index (χ1) is 5.02. The topological polar surface area (TPSA) is 35.5 Å². The van der Waals surface area contributed by atoms with Gasteiger partial charge in [0.1, 0.15) is 18.6 Å². The van der Waals surface area contributed by atoms with Crippen LogP contribution in [-0.4, -0.2) is 29.1 Å². The first kappa shape index (κ1) is 9.23. The lowest BCUT2D eigenvalue weighted by Crippen LogP contribution is -2.32. The number of ether oxygens (including phenoxy) is 2. The molecule has 1 fully saturated rings. The lowest BCUT2D eigenvalue weighted by molar-refractivity contribution is 0.0725. The van der Waals surface area contributed by atoms with Gasteiger partial charge in [0.05, 0.1) is 0 Å². The van der Waals surface area contributed by atoms with Crippen LogP contribution in [0, 0.1) is 0 Å². The molecule has 0 radical (unpaired) electrons. The van der Waals surface area contributed by atoms with Crippen molar-refractivity contribution in [1.29, 1.82) is 0 Å². The Bertz CT molecular complexity index is 170. The molecule has 1 saturated heterocycles. The summed E-state index contributed by atoms with van der Waals surface area (Å²) in [5.74, 6) is 0. The summed E-state index contributed by atoms with van der Waals surface area (Å²) >= 11 is 17.0. The van der Waals surface area contributed by atoms with Gasteiger partial charge in [0, 0.05) is 0 Å². The number of hydrogen-bond acceptors (Lipinski definition) is 3. The number of alkyl halides is 3. The molecule has 0 spiro atoms. The zero-order chi connectivity index (χ0) is 8.48. The molecule has 1 aliphatic heterocycles. The van der Waals surface area contributed by atoms with Crippen LogP contribution in [0.1, 0.15) is 0 Å². The molecule has 3 nitrogen and oxygen atoms in total. The molecule has 0 bridgehead atoms. The number of carbonyl (C=O) groups is 1. The molecule has 0 saturated carbocycles. The molecule has 1 heterocycles. The van der Waals surface area contributed by atoms with Gasteiger partial charge in [0.2, 0.25) is 0 Å². The van der Waals surface area contributed by atoms with Crippen LogP contribution < -0.4 is 0 Å². The molecule has 1 atom stereocenters. The summed E-state index contributed by atoms with van der Waals surface area (Å²) in [5.41, 5.74) is 0. The summed E-state index contributed by atoms with van der Waals surface area (Å²) in [7, 11) is 0. The normalized spacial score (nSPS) is 30.1. The van der Waals surface area contributed by atoms with Crippen LogP contribution in [0.5, 0.6) is 0 Å². The quantitative estimate of drug-likeness (QED) is 0.461. The van der Waals surface area contributed by atoms with Crippen molar-refractivity contribution in [2.24, 2.45) is 0 Å². The average molecular weight is 219 g/mol. The highest BCUT2D eigenvalue weighted by Crippen LogP contribution is 2.31. The van der Waals surface area contributed by atoms with E-state index in [1.807, 2.05) is 0 Å². The Morgan fingerprint density at radius 1 is 1.45 bits per heavy atom. The molecule has 1 aliphatic rings. The smallest absolute Gasteiger partial charge is 0.433 e. The van der Waals surface area contributed by atoms with Crippen molar-refractivity contribution in [2.75, 3.05) is 13.2 Å². The molecule has 0 aromatic heterocycles. The molecule has 0 aromatic rings. The minimum atomic E-state index is -1.26. The van der Waals surface area contributed by atoms with Crippen molar-refractivity contribution in [2.45, 2.75) is 9.71 Å². The minimum Gasteiger partial charge on any atom is -0.433 e. The molecule has 0 N–H and O–H groups in total. The Labute approximate surface area is 78.5 Å². The Balaban J connectivity index is 2.63. The summed E-state index contributed by atoms with van der Waals surface area (Å²) in [6.07, 6.45) is -0.793. The number of halogens is 3. The highest BCUT2D eigenvalue weighted by atomic mass is 35.5. The van der Waals surface area contributed by atoms with Gasteiger partial charge in [-0.3, -0.25) is 0 Å². The Morgan fingerprint density at radius 2 is 2.09 bits per heavy atom. The molecule has 6 heteroatoms. The molecule has 0 aromatic carbocycles. The second-order valence-corrected chi connectivity index (χ2v) is 4.15. The second-order valence-electron chi connectivity index (χ2n) is 2.08. The van der Waals surface area contributed by atoms with E-state index in [-0.39, 0.29) is 13.2 Å². The molecule has 1 unspecified atom stereocenters. The largest absolute Gasteiger partial charge is 0.508 e. The maximum atomic E-state index is 10.5. The highest BCUT2D eigenvalue weighted by molar-refractivity contribution is 6.52. The van der Waals surface area contributed by atoms with Crippen LogP contribution in [0.2, 0.25) is 0 Å². The van der Waals surface area contributed by atoms with Gasteiger partial charge in [-0.1, -0.05) is 23.2 Å². The molecule has 1 rings (SSSR count). The monoisotopic (exact) mass is 218 g/mol. The van der Waals surface area contributed by atoms with E-state index in [2.05, 4.69) is 9.47 Å². The van der Waals surface area contributed by atoms with Crippen LogP contribution in [0.4, 0.5) is 4.79 Å². The van der Waals surface area contributed by atoms with Crippen LogP contribution in [0.3, 0.4) is 0 Å². The maximum absolute atomic E-state index is 10.5. The number of carbonyl (C=O) groups excluding carboxylic acids is 1. The Kier molecular flexibility index (Phi) is 2.73. The third kappa shape index (κ3) is 2.29. The zero-order valence-electron chi connectivity index (χ0n) is 5.35. The van der Waals surface area contributed by atoms with Crippen LogP contribution >= 0.6 is 34.8 Å². The van der Waals surface area contributed by atoms with E-state index in [4.69, 9.17) is 34.8 Å². The van der Waals surface area contributed by atoms with E-state index in [0.29, 0.717) is 0 Å². The molecule has 0 aliphatic carbocycles. The fraction of sp³-hybridized carbons (Fsp3) is 0.800. The van der Waals surface area contributed by atoms with Gasteiger partial charge >= 0.3 is 6.16 Å². The molecule has 64 valence electrons. The minimum absolute atomic E-state index is 0.0343. The zero-order valence-corrected chi connectivity index (χ0v) is 7.62. The average Bonchev–Trinajstić information content (AvgIpc) is 2.03. The Hall–Kier alpha value is 0.140. The number of cyclic esters (lactones) is 2. The van der Waals surface area contributed by atoms with E-state index in [1.165, 1.54) is 0 Å². The van der Waals surface area contributed by atoms with Crippen molar-refractivity contribution in [3.05, 3.63) is 0 Å². The molecule has 11 heavy (non-hydrogen) atoms. The summed E-state index contributed by atoms with van der Waals surface area (Å²) in [4.78, 5) is 10.5. The van der Waals surface area contributed by atoms with Gasteiger partial charge in [-0.25, -0.2) is 4.79 Å². The standard InChI is InChI=1S/C5H5Cl3O3/c6-3-1-10-4(9)11-2-5(3,7)8/h3H,1-2H2. The van der Waals surface area contributed by atoms with Crippen LogP contribution in [0.15, 0.2) is 0 Å². The first-order valence-electron chi connectivity index (χ1n) is 2.84. The van der Waals surface area contributed by atoms with Crippen molar-refractivity contribution in [3.8, 4) is 0 Å². The lowest BCUT2D eigenvalue weighted by Gasteiger charge is -2.18. The van der Waals surface area contributed by atoms with Gasteiger partial charge in [0.15, 0.2) is 4.33 Å². The van der Waals surface area contributed by atoms with Gasteiger partial charge in [-0.2, -0.15) is 0 Å². The van der Waals surface area contributed by atoms with Gasteiger partial charge in [-0.15, -0.1) is 11.6 Å². The van der Waals surface area contributed by atoms with Gasteiger partial charge in [0.25, 0.3) is 0 Å². The van der Waals surface area contributed by atoms with Gasteiger partial charge in [-0.05, 0) is 0 Å². The van der Waals surface area contributed by atoms with E-state index in [0.717, 1.165) is 0 Å². The summed E-state index contributed by atoms with van der Waals surface area (Å²) in [6, 6.07) is 0. The van der Waals surface area contributed by atoms with Crippen LogP contribution in [0.25, 0.3) is 0 Å². The fourth-order valence-corrected chi connectivity index (χ4v) is 0.911. The highest BCUT2D eigenvalue weighted by Gasteiger charge is 2.38. The van der Waals surface area contributed by atoms with Gasteiger partial charge < -0.3 is 9.47 Å².